The molecule has 0 spiro atoms. The van der Waals surface area contributed by atoms with E-state index in [1.807, 2.05) is 18.2 Å². The van der Waals surface area contributed by atoms with E-state index in [4.69, 9.17) is 9.47 Å². The van der Waals surface area contributed by atoms with Crippen LogP contribution in [0.4, 0.5) is 0 Å². The summed E-state index contributed by atoms with van der Waals surface area (Å²) < 4.78 is 11.8. The van der Waals surface area contributed by atoms with Gasteiger partial charge in [-0.2, -0.15) is 0 Å². The Morgan fingerprint density at radius 1 is 1.29 bits per heavy atom. The number of hydrogen-bond acceptors (Lipinski definition) is 5. The number of ether oxygens (including phenoxy) is 2. The first kappa shape index (κ1) is 15.6. The van der Waals surface area contributed by atoms with Crippen LogP contribution in [-0.2, 0) is 16.0 Å². The summed E-state index contributed by atoms with van der Waals surface area (Å²) in [5.74, 6) is 0. The van der Waals surface area contributed by atoms with Gasteiger partial charge in [0.05, 0.1) is 18.9 Å². The number of fused-ring (bicyclic) bond motifs is 1. The number of rotatable bonds is 9. The van der Waals surface area contributed by atoms with Gasteiger partial charge >= 0.3 is 0 Å². The third kappa shape index (κ3) is 4.93. The van der Waals surface area contributed by atoms with Gasteiger partial charge in [0.2, 0.25) is 0 Å². The number of nitrogens with one attached hydrogen (secondary N) is 1. The highest BCUT2D eigenvalue weighted by Gasteiger charge is 2.01. The Morgan fingerprint density at radius 3 is 3.05 bits per heavy atom. The third-order valence-electron chi connectivity index (χ3n) is 3.00. The lowest BCUT2D eigenvalue weighted by atomic mass is 10.3. The molecule has 0 saturated heterocycles. The minimum Gasteiger partial charge on any atom is -0.382 e. The van der Waals surface area contributed by atoms with Gasteiger partial charge in [-0.05, 0) is 25.1 Å². The van der Waals surface area contributed by atoms with Gasteiger partial charge in [0.25, 0.3) is 5.56 Å². The average molecular weight is 291 g/mol. The summed E-state index contributed by atoms with van der Waals surface area (Å²) in [6.45, 7) is 3.35. The van der Waals surface area contributed by atoms with Crippen LogP contribution in [0.2, 0.25) is 0 Å². The smallest absolute Gasteiger partial charge is 0.258 e. The van der Waals surface area contributed by atoms with Crippen LogP contribution in [0.3, 0.4) is 0 Å². The van der Waals surface area contributed by atoms with Crippen LogP contribution in [0.25, 0.3) is 5.65 Å². The van der Waals surface area contributed by atoms with Gasteiger partial charge in [0, 0.05) is 32.5 Å². The molecule has 0 radical (unpaired) electrons. The molecule has 2 heterocycles. The standard InChI is InChI=1S/C15H21N3O3/c1-20-9-10-21-8-4-6-16-12-13-11-15(19)18-7-3-2-5-14(18)17-13/h2-3,5,7,11,16H,4,6,8-10,12H2,1H3. The molecule has 0 aliphatic carbocycles. The first-order valence-corrected chi connectivity index (χ1v) is 7.06. The highest BCUT2D eigenvalue weighted by Crippen LogP contribution is 1.98. The van der Waals surface area contributed by atoms with E-state index in [1.54, 1.807) is 19.4 Å². The van der Waals surface area contributed by atoms with Gasteiger partial charge in [-0.1, -0.05) is 6.07 Å². The summed E-state index contributed by atoms with van der Waals surface area (Å²) in [5, 5.41) is 3.26. The highest BCUT2D eigenvalue weighted by atomic mass is 16.5. The molecule has 2 aromatic rings. The predicted octanol–water partition coefficient (Wildman–Crippen LogP) is 0.837. The lowest BCUT2D eigenvalue weighted by molar-refractivity contribution is 0.0694. The zero-order chi connectivity index (χ0) is 14.9. The summed E-state index contributed by atoms with van der Waals surface area (Å²) in [4.78, 5) is 16.3. The number of aromatic nitrogens is 2. The van der Waals surface area contributed by atoms with Gasteiger partial charge in [-0.15, -0.1) is 0 Å². The molecule has 2 rings (SSSR count). The second-order valence-corrected chi connectivity index (χ2v) is 4.65. The van der Waals surface area contributed by atoms with Crippen molar-refractivity contribution in [2.24, 2.45) is 0 Å². The topological polar surface area (TPSA) is 64.9 Å². The largest absolute Gasteiger partial charge is 0.382 e. The molecule has 0 bridgehead atoms. The van der Waals surface area contributed by atoms with Crippen LogP contribution in [-0.4, -0.2) is 42.9 Å². The second kappa shape index (κ2) is 8.51. The predicted molar refractivity (Wildman–Crippen MR) is 80.5 cm³/mol. The minimum atomic E-state index is -0.0553. The summed E-state index contributed by atoms with van der Waals surface area (Å²) >= 11 is 0. The minimum absolute atomic E-state index is 0.0553. The Labute approximate surface area is 123 Å². The number of pyridine rings is 1. The van der Waals surface area contributed by atoms with Crippen LogP contribution < -0.4 is 10.9 Å². The Kier molecular flexibility index (Phi) is 6.33. The molecule has 21 heavy (non-hydrogen) atoms. The molecule has 0 amide bonds. The van der Waals surface area contributed by atoms with E-state index in [0.717, 1.165) is 18.7 Å². The Balaban J connectivity index is 1.75. The normalized spacial score (nSPS) is 11.1. The highest BCUT2D eigenvalue weighted by molar-refractivity contribution is 5.37. The van der Waals surface area contributed by atoms with Crippen LogP contribution in [0.15, 0.2) is 35.3 Å². The van der Waals surface area contributed by atoms with Crippen molar-refractivity contribution in [1.29, 1.82) is 0 Å². The molecular formula is C15H21N3O3. The lowest BCUT2D eigenvalue weighted by Gasteiger charge is -2.06. The van der Waals surface area contributed by atoms with E-state index in [-0.39, 0.29) is 5.56 Å². The van der Waals surface area contributed by atoms with Crippen molar-refractivity contribution in [3.63, 3.8) is 0 Å². The molecular weight excluding hydrogens is 270 g/mol. The van der Waals surface area contributed by atoms with Crippen molar-refractivity contribution in [2.45, 2.75) is 13.0 Å². The molecule has 0 aliphatic heterocycles. The van der Waals surface area contributed by atoms with Gasteiger partial charge < -0.3 is 14.8 Å². The quantitative estimate of drug-likeness (QED) is 0.694. The molecule has 0 fully saturated rings. The first-order chi connectivity index (χ1) is 10.3. The fourth-order valence-electron chi connectivity index (χ4n) is 1.95. The van der Waals surface area contributed by atoms with Crippen molar-refractivity contribution in [2.75, 3.05) is 33.5 Å². The molecule has 0 unspecified atom stereocenters. The van der Waals surface area contributed by atoms with Gasteiger partial charge in [0.15, 0.2) is 0 Å². The van der Waals surface area contributed by atoms with Crippen LogP contribution >= 0.6 is 0 Å². The Hall–Kier alpha value is -1.76. The van der Waals surface area contributed by atoms with E-state index in [2.05, 4.69) is 10.3 Å². The second-order valence-electron chi connectivity index (χ2n) is 4.65. The molecule has 114 valence electrons. The van der Waals surface area contributed by atoms with Gasteiger partial charge in [-0.3, -0.25) is 9.20 Å². The molecule has 2 aromatic heterocycles. The number of hydrogen-bond donors (Lipinski definition) is 1. The SMILES string of the molecule is COCCOCCCNCc1cc(=O)n2ccccc2n1. The maximum atomic E-state index is 11.9. The van der Waals surface area contributed by atoms with E-state index >= 15 is 0 Å². The molecule has 0 saturated carbocycles. The van der Waals surface area contributed by atoms with Crippen molar-refractivity contribution < 1.29 is 9.47 Å². The molecule has 0 aromatic carbocycles. The molecule has 0 atom stereocenters. The van der Waals surface area contributed by atoms with E-state index < -0.39 is 0 Å². The molecule has 6 nitrogen and oxygen atoms in total. The van der Waals surface area contributed by atoms with Crippen LogP contribution in [0.5, 0.6) is 0 Å². The molecule has 0 aliphatic rings. The van der Waals surface area contributed by atoms with Gasteiger partial charge in [0.1, 0.15) is 5.65 Å². The zero-order valence-corrected chi connectivity index (χ0v) is 12.2. The summed E-state index contributed by atoms with van der Waals surface area (Å²) in [6, 6.07) is 7.08. The fourth-order valence-corrected chi connectivity index (χ4v) is 1.95. The van der Waals surface area contributed by atoms with Crippen LogP contribution in [0, 0.1) is 0 Å². The van der Waals surface area contributed by atoms with Crippen molar-refractivity contribution in [3.8, 4) is 0 Å². The van der Waals surface area contributed by atoms with E-state index in [1.165, 1.54) is 4.40 Å². The maximum Gasteiger partial charge on any atom is 0.258 e. The number of methoxy groups -OCH3 is 1. The van der Waals surface area contributed by atoms with Crippen LogP contribution in [0.1, 0.15) is 12.1 Å². The van der Waals surface area contributed by atoms with E-state index in [9.17, 15) is 4.79 Å². The number of nitrogens with zero attached hydrogens (tertiary/aromatic N) is 2. The van der Waals surface area contributed by atoms with Gasteiger partial charge in [-0.25, -0.2) is 4.98 Å². The lowest BCUT2D eigenvalue weighted by Crippen LogP contribution is -2.21. The first-order valence-electron chi connectivity index (χ1n) is 7.06. The zero-order valence-electron chi connectivity index (χ0n) is 12.2. The summed E-state index contributed by atoms with van der Waals surface area (Å²) in [6.07, 6.45) is 2.63. The van der Waals surface area contributed by atoms with Crippen molar-refractivity contribution in [1.82, 2.24) is 14.7 Å². The Morgan fingerprint density at radius 2 is 2.19 bits per heavy atom. The molecule has 6 heteroatoms. The Bertz CT molecular complexity index is 612. The van der Waals surface area contributed by atoms with Crippen molar-refractivity contribution in [3.05, 3.63) is 46.5 Å². The fraction of sp³-hybridized carbons (Fsp3) is 0.467. The monoisotopic (exact) mass is 291 g/mol. The maximum absolute atomic E-state index is 11.9. The molecule has 1 N–H and O–H groups in total. The van der Waals surface area contributed by atoms with E-state index in [0.29, 0.717) is 32.0 Å². The summed E-state index contributed by atoms with van der Waals surface area (Å²) in [7, 11) is 1.66. The van der Waals surface area contributed by atoms with Crippen molar-refractivity contribution >= 4 is 5.65 Å². The average Bonchev–Trinajstić information content (AvgIpc) is 2.50. The summed E-state index contributed by atoms with van der Waals surface area (Å²) in [5.41, 5.74) is 1.37. The third-order valence-corrected chi connectivity index (χ3v) is 3.00.